The number of amides is 1. The molecule has 1 atom stereocenters. The van der Waals surface area contributed by atoms with E-state index in [0.717, 1.165) is 5.56 Å². The molecule has 94 valence electrons. The van der Waals surface area contributed by atoms with E-state index in [2.05, 4.69) is 5.32 Å². The van der Waals surface area contributed by atoms with Gasteiger partial charge in [0.2, 0.25) is 0 Å². The van der Waals surface area contributed by atoms with Crippen LogP contribution in [0.5, 0.6) is 0 Å². The highest BCUT2D eigenvalue weighted by Crippen LogP contribution is 2.24. The van der Waals surface area contributed by atoms with Crippen LogP contribution < -0.4 is 5.32 Å². The summed E-state index contributed by atoms with van der Waals surface area (Å²) in [6, 6.07) is 11.5. The number of rotatable bonds is 4. The predicted molar refractivity (Wildman–Crippen MR) is 73.8 cm³/mol. The van der Waals surface area contributed by atoms with E-state index in [-0.39, 0.29) is 12.5 Å². The monoisotopic (exact) mass is 261 g/mol. The molecule has 2 N–H and O–H groups in total. The Balaban J connectivity index is 2.06. The highest BCUT2D eigenvalue weighted by molar-refractivity contribution is 7.13. The van der Waals surface area contributed by atoms with Gasteiger partial charge in [-0.25, -0.2) is 0 Å². The Hall–Kier alpha value is -1.65. The van der Waals surface area contributed by atoms with Gasteiger partial charge in [-0.05, 0) is 36.1 Å². The number of hydrogen-bond donors (Lipinski definition) is 2. The summed E-state index contributed by atoms with van der Waals surface area (Å²) < 4.78 is 0. The molecular weight excluding hydrogens is 246 g/mol. The second-order valence-electron chi connectivity index (χ2n) is 4.11. The summed E-state index contributed by atoms with van der Waals surface area (Å²) in [5, 5.41) is 13.8. The zero-order valence-electron chi connectivity index (χ0n) is 10.1. The highest BCUT2D eigenvalue weighted by Gasteiger charge is 2.06. The van der Waals surface area contributed by atoms with Gasteiger partial charge < -0.3 is 10.4 Å². The number of aliphatic hydroxyl groups excluding tert-OH is 1. The van der Waals surface area contributed by atoms with Gasteiger partial charge >= 0.3 is 0 Å². The third-order valence-electron chi connectivity index (χ3n) is 2.51. The van der Waals surface area contributed by atoms with Gasteiger partial charge in [0.15, 0.2) is 0 Å². The molecule has 0 aliphatic rings. The average Bonchev–Trinajstić information content (AvgIpc) is 2.90. The van der Waals surface area contributed by atoms with Crippen molar-refractivity contribution in [3.8, 4) is 10.4 Å². The van der Waals surface area contributed by atoms with E-state index in [0.29, 0.717) is 5.56 Å². The lowest BCUT2D eigenvalue weighted by Crippen LogP contribution is -2.30. The van der Waals surface area contributed by atoms with Crippen LogP contribution in [0.15, 0.2) is 41.8 Å². The standard InChI is InChI=1S/C14H15NO2S/c1-10(16)9-15-14(17)12-6-4-11(5-7-12)13-3-2-8-18-13/h2-8,10,16H,9H2,1H3,(H,15,17)/t10-/m0/s1. The molecule has 2 aromatic rings. The smallest absolute Gasteiger partial charge is 0.251 e. The molecule has 0 radical (unpaired) electrons. The molecule has 1 aromatic heterocycles. The third kappa shape index (κ3) is 3.18. The summed E-state index contributed by atoms with van der Waals surface area (Å²) in [7, 11) is 0. The second kappa shape index (κ2) is 5.80. The summed E-state index contributed by atoms with van der Waals surface area (Å²) in [5.41, 5.74) is 1.72. The van der Waals surface area contributed by atoms with E-state index in [4.69, 9.17) is 5.11 Å². The number of thiophene rings is 1. The van der Waals surface area contributed by atoms with Crippen LogP contribution in [0.3, 0.4) is 0 Å². The van der Waals surface area contributed by atoms with Gasteiger partial charge in [0.05, 0.1) is 6.10 Å². The first kappa shape index (κ1) is 12.8. The van der Waals surface area contributed by atoms with Crippen LogP contribution in [0.1, 0.15) is 17.3 Å². The van der Waals surface area contributed by atoms with Gasteiger partial charge in [0, 0.05) is 17.0 Å². The molecule has 0 bridgehead atoms. The molecule has 0 spiro atoms. The summed E-state index contributed by atoms with van der Waals surface area (Å²) >= 11 is 1.67. The van der Waals surface area contributed by atoms with Crippen molar-refractivity contribution in [1.29, 1.82) is 0 Å². The van der Waals surface area contributed by atoms with Crippen molar-refractivity contribution in [2.24, 2.45) is 0 Å². The first-order chi connectivity index (χ1) is 8.66. The van der Waals surface area contributed by atoms with Crippen molar-refractivity contribution in [2.45, 2.75) is 13.0 Å². The molecule has 0 saturated carbocycles. The maximum Gasteiger partial charge on any atom is 0.251 e. The van der Waals surface area contributed by atoms with Crippen molar-refractivity contribution in [3.05, 3.63) is 47.3 Å². The minimum absolute atomic E-state index is 0.159. The van der Waals surface area contributed by atoms with Gasteiger partial charge in [0.25, 0.3) is 5.91 Å². The lowest BCUT2D eigenvalue weighted by molar-refractivity contribution is 0.0924. The molecule has 1 amide bonds. The lowest BCUT2D eigenvalue weighted by atomic mass is 10.1. The number of benzene rings is 1. The maximum absolute atomic E-state index is 11.7. The Bertz CT molecular complexity index is 503. The first-order valence-electron chi connectivity index (χ1n) is 5.77. The number of carbonyl (C=O) groups excluding carboxylic acids is 1. The fourth-order valence-electron chi connectivity index (χ4n) is 1.57. The van der Waals surface area contributed by atoms with Gasteiger partial charge in [0.1, 0.15) is 0 Å². The largest absolute Gasteiger partial charge is 0.392 e. The molecule has 4 heteroatoms. The third-order valence-corrected chi connectivity index (χ3v) is 3.43. The lowest BCUT2D eigenvalue weighted by Gasteiger charge is -2.07. The van der Waals surface area contributed by atoms with E-state index in [9.17, 15) is 4.79 Å². The predicted octanol–water partition coefficient (Wildman–Crippen LogP) is 2.53. The summed E-state index contributed by atoms with van der Waals surface area (Å²) in [6.07, 6.45) is -0.528. The number of carbonyl (C=O) groups is 1. The summed E-state index contributed by atoms with van der Waals surface area (Å²) in [6.45, 7) is 1.91. The van der Waals surface area contributed by atoms with Crippen LogP contribution in [-0.2, 0) is 0 Å². The summed E-state index contributed by atoms with van der Waals surface area (Å²) in [4.78, 5) is 12.9. The normalized spacial score (nSPS) is 12.1. The molecule has 18 heavy (non-hydrogen) atoms. The van der Waals surface area contributed by atoms with Crippen molar-refractivity contribution in [1.82, 2.24) is 5.32 Å². The van der Waals surface area contributed by atoms with Crippen LogP contribution in [0.4, 0.5) is 0 Å². The Morgan fingerprint density at radius 2 is 2.06 bits per heavy atom. The van der Waals surface area contributed by atoms with Crippen molar-refractivity contribution < 1.29 is 9.90 Å². The van der Waals surface area contributed by atoms with Gasteiger partial charge in [-0.15, -0.1) is 11.3 Å². The Kier molecular flexibility index (Phi) is 4.12. The Labute approximate surface area is 110 Å². The van der Waals surface area contributed by atoms with Gasteiger partial charge in [-0.2, -0.15) is 0 Å². The highest BCUT2D eigenvalue weighted by atomic mass is 32.1. The summed E-state index contributed by atoms with van der Waals surface area (Å²) in [5.74, 6) is -0.159. The second-order valence-corrected chi connectivity index (χ2v) is 5.06. The van der Waals surface area contributed by atoms with Crippen molar-refractivity contribution in [3.63, 3.8) is 0 Å². The quantitative estimate of drug-likeness (QED) is 0.888. The average molecular weight is 261 g/mol. The fraction of sp³-hybridized carbons (Fsp3) is 0.214. The van der Waals surface area contributed by atoms with Crippen LogP contribution >= 0.6 is 11.3 Å². The van der Waals surface area contributed by atoms with E-state index in [1.54, 1.807) is 30.4 Å². The van der Waals surface area contributed by atoms with E-state index in [1.807, 2.05) is 29.6 Å². The van der Waals surface area contributed by atoms with Crippen LogP contribution in [0, 0.1) is 0 Å². The zero-order chi connectivity index (χ0) is 13.0. The molecule has 0 unspecified atom stereocenters. The van der Waals surface area contributed by atoms with E-state index < -0.39 is 6.10 Å². The molecule has 3 nitrogen and oxygen atoms in total. The van der Waals surface area contributed by atoms with Crippen LogP contribution in [0.2, 0.25) is 0 Å². The molecule has 2 rings (SSSR count). The number of hydrogen-bond acceptors (Lipinski definition) is 3. The molecule has 1 heterocycles. The van der Waals surface area contributed by atoms with Gasteiger partial charge in [-0.1, -0.05) is 18.2 Å². The van der Waals surface area contributed by atoms with Crippen LogP contribution in [-0.4, -0.2) is 23.7 Å². The molecule has 0 saturated heterocycles. The minimum atomic E-state index is -0.528. The molecule has 0 aliphatic heterocycles. The molecule has 0 fully saturated rings. The zero-order valence-corrected chi connectivity index (χ0v) is 10.9. The molecule has 1 aromatic carbocycles. The van der Waals surface area contributed by atoms with Crippen LogP contribution in [0.25, 0.3) is 10.4 Å². The minimum Gasteiger partial charge on any atom is -0.392 e. The van der Waals surface area contributed by atoms with Gasteiger partial charge in [-0.3, -0.25) is 4.79 Å². The molecular formula is C14H15NO2S. The van der Waals surface area contributed by atoms with Crippen molar-refractivity contribution >= 4 is 17.2 Å². The first-order valence-corrected chi connectivity index (χ1v) is 6.65. The maximum atomic E-state index is 11.7. The molecule has 0 aliphatic carbocycles. The SMILES string of the molecule is C[C@H](O)CNC(=O)c1ccc(-c2cccs2)cc1. The fourth-order valence-corrected chi connectivity index (χ4v) is 2.30. The van der Waals surface area contributed by atoms with E-state index in [1.165, 1.54) is 4.88 Å². The van der Waals surface area contributed by atoms with E-state index >= 15 is 0 Å². The number of nitrogens with one attached hydrogen (secondary N) is 1. The Morgan fingerprint density at radius 1 is 1.33 bits per heavy atom. The Morgan fingerprint density at radius 3 is 2.61 bits per heavy atom. The van der Waals surface area contributed by atoms with Crippen molar-refractivity contribution in [2.75, 3.05) is 6.54 Å². The number of aliphatic hydroxyl groups is 1. The topological polar surface area (TPSA) is 49.3 Å².